The van der Waals surface area contributed by atoms with Gasteiger partial charge in [0.15, 0.2) is 5.78 Å². The SMILES string of the molecule is CC(=O)c1ccc(S(=O)(=O)NCCS(C)(=O)=O)cc1. The quantitative estimate of drug-likeness (QED) is 0.758. The molecule has 0 bridgehead atoms. The number of benzene rings is 1. The molecule has 0 spiro atoms. The molecule has 8 heteroatoms. The molecule has 0 saturated heterocycles. The first-order chi connectivity index (χ1) is 8.62. The second kappa shape index (κ2) is 5.81. The third-order valence-electron chi connectivity index (χ3n) is 2.34. The van der Waals surface area contributed by atoms with E-state index in [1.54, 1.807) is 0 Å². The van der Waals surface area contributed by atoms with Crippen LogP contribution in [0.4, 0.5) is 0 Å². The lowest BCUT2D eigenvalue weighted by Crippen LogP contribution is -2.28. The Hall–Kier alpha value is -1.25. The van der Waals surface area contributed by atoms with E-state index in [1.165, 1.54) is 31.2 Å². The van der Waals surface area contributed by atoms with Gasteiger partial charge < -0.3 is 0 Å². The van der Waals surface area contributed by atoms with Crippen LogP contribution in [0, 0.1) is 0 Å². The van der Waals surface area contributed by atoms with E-state index in [0.29, 0.717) is 5.56 Å². The van der Waals surface area contributed by atoms with Crippen LogP contribution < -0.4 is 4.72 Å². The Morgan fingerprint density at radius 2 is 1.63 bits per heavy atom. The summed E-state index contributed by atoms with van der Waals surface area (Å²) in [5.74, 6) is -0.424. The number of sulfone groups is 1. The summed E-state index contributed by atoms with van der Waals surface area (Å²) in [5.41, 5.74) is 0.412. The highest BCUT2D eigenvalue weighted by Crippen LogP contribution is 2.10. The molecule has 1 N–H and O–H groups in total. The predicted octanol–water partition coefficient (Wildman–Crippen LogP) is 0.212. The topological polar surface area (TPSA) is 97.4 Å². The van der Waals surface area contributed by atoms with E-state index in [4.69, 9.17) is 0 Å². The van der Waals surface area contributed by atoms with Gasteiger partial charge in [-0.05, 0) is 19.1 Å². The maximum Gasteiger partial charge on any atom is 0.240 e. The molecule has 0 radical (unpaired) electrons. The van der Waals surface area contributed by atoms with Crippen LogP contribution in [0.3, 0.4) is 0 Å². The molecule has 0 aliphatic carbocycles. The zero-order chi connectivity index (χ0) is 14.7. The number of Topliss-reactive ketones (excluding diaryl/α,β-unsaturated/α-hetero) is 1. The molecule has 0 aliphatic rings. The zero-order valence-corrected chi connectivity index (χ0v) is 12.2. The van der Waals surface area contributed by atoms with Crippen LogP contribution in [0.5, 0.6) is 0 Å². The maximum atomic E-state index is 11.8. The third kappa shape index (κ3) is 5.09. The van der Waals surface area contributed by atoms with E-state index in [0.717, 1.165) is 6.26 Å². The minimum atomic E-state index is -3.75. The van der Waals surface area contributed by atoms with Gasteiger partial charge in [-0.2, -0.15) is 0 Å². The Morgan fingerprint density at radius 1 is 1.11 bits per heavy atom. The van der Waals surface area contributed by atoms with Crippen LogP contribution in [0.1, 0.15) is 17.3 Å². The maximum absolute atomic E-state index is 11.8. The average molecular weight is 305 g/mol. The van der Waals surface area contributed by atoms with Crippen LogP contribution in [0.15, 0.2) is 29.2 Å². The minimum absolute atomic E-state index is 0.00833. The van der Waals surface area contributed by atoms with Crippen molar-refractivity contribution in [1.82, 2.24) is 4.72 Å². The number of hydrogen-bond donors (Lipinski definition) is 1. The Morgan fingerprint density at radius 3 is 2.05 bits per heavy atom. The lowest BCUT2D eigenvalue weighted by molar-refractivity contribution is 0.101. The van der Waals surface area contributed by atoms with Crippen molar-refractivity contribution in [3.05, 3.63) is 29.8 Å². The molecule has 106 valence electrons. The molecule has 0 heterocycles. The van der Waals surface area contributed by atoms with Gasteiger partial charge in [-0.15, -0.1) is 0 Å². The smallest absolute Gasteiger partial charge is 0.240 e. The molecule has 0 fully saturated rings. The number of rotatable bonds is 6. The molecule has 0 atom stereocenters. The summed E-state index contributed by atoms with van der Waals surface area (Å²) in [5, 5.41) is 0. The van der Waals surface area contributed by atoms with E-state index in [2.05, 4.69) is 4.72 Å². The Labute approximate surface area is 112 Å². The first kappa shape index (κ1) is 15.8. The van der Waals surface area contributed by atoms with Crippen molar-refractivity contribution in [1.29, 1.82) is 0 Å². The number of hydrogen-bond acceptors (Lipinski definition) is 5. The van der Waals surface area contributed by atoms with Crippen LogP contribution >= 0.6 is 0 Å². The summed E-state index contributed by atoms with van der Waals surface area (Å²) in [7, 11) is -6.97. The molecule has 0 aromatic heterocycles. The molecule has 0 aliphatic heterocycles. The molecule has 1 aromatic rings. The average Bonchev–Trinajstić information content (AvgIpc) is 2.27. The fourth-order valence-corrected chi connectivity index (χ4v) is 2.95. The van der Waals surface area contributed by atoms with Gasteiger partial charge in [0.2, 0.25) is 10.0 Å². The number of carbonyl (C=O) groups excluding carboxylic acids is 1. The number of carbonyl (C=O) groups is 1. The highest BCUT2D eigenvalue weighted by molar-refractivity contribution is 7.91. The molecular weight excluding hydrogens is 290 g/mol. The first-order valence-electron chi connectivity index (χ1n) is 5.40. The van der Waals surface area contributed by atoms with E-state index in [1.807, 2.05) is 0 Å². The lowest BCUT2D eigenvalue weighted by atomic mass is 10.2. The molecule has 1 aromatic carbocycles. The van der Waals surface area contributed by atoms with Crippen LogP contribution in [-0.4, -0.2) is 41.2 Å². The standard InChI is InChI=1S/C11H15NO5S2/c1-9(13)10-3-5-11(6-4-10)19(16,17)12-7-8-18(2,14)15/h3-6,12H,7-8H2,1-2H3. The Balaban J connectivity index is 2.80. The van der Waals surface area contributed by atoms with E-state index >= 15 is 0 Å². The molecule has 0 amide bonds. The van der Waals surface area contributed by atoms with Gasteiger partial charge in [0.25, 0.3) is 0 Å². The van der Waals surface area contributed by atoms with Crippen molar-refractivity contribution < 1.29 is 21.6 Å². The van der Waals surface area contributed by atoms with Crippen LogP contribution in [-0.2, 0) is 19.9 Å². The van der Waals surface area contributed by atoms with Gasteiger partial charge in [-0.3, -0.25) is 4.79 Å². The summed E-state index contributed by atoms with van der Waals surface area (Å²) in [4.78, 5) is 11.0. The molecule has 0 saturated carbocycles. The van der Waals surface area contributed by atoms with Crippen LogP contribution in [0.25, 0.3) is 0 Å². The number of ketones is 1. The predicted molar refractivity (Wildman–Crippen MR) is 71.3 cm³/mol. The fraction of sp³-hybridized carbons (Fsp3) is 0.364. The van der Waals surface area contributed by atoms with Gasteiger partial charge in [0, 0.05) is 18.4 Å². The first-order valence-corrected chi connectivity index (χ1v) is 8.94. The number of nitrogens with one attached hydrogen (secondary N) is 1. The van der Waals surface area contributed by atoms with Crippen molar-refractivity contribution in [3.8, 4) is 0 Å². The fourth-order valence-electron chi connectivity index (χ4n) is 1.31. The molecule has 1 rings (SSSR count). The second-order valence-corrected chi connectivity index (χ2v) is 8.13. The summed E-state index contributed by atoms with van der Waals surface area (Å²) >= 11 is 0. The molecule has 6 nitrogen and oxygen atoms in total. The van der Waals surface area contributed by atoms with Gasteiger partial charge in [-0.1, -0.05) is 12.1 Å². The van der Waals surface area contributed by atoms with Gasteiger partial charge >= 0.3 is 0 Å². The summed E-state index contributed by atoms with van der Waals surface area (Å²) in [6.07, 6.45) is 1.03. The van der Waals surface area contributed by atoms with E-state index in [9.17, 15) is 21.6 Å². The van der Waals surface area contributed by atoms with E-state index in [-0.39, 0.29) is 23.0 Å². The highest BCUT2D eigenvalue weighted by atomic mass is 32.2. The molecule has 0 unspecified atom stereocenters. The van der Waals surface area contributed by atoms with Crippen molar-refractivity contribution in [2.45, 2.75) is 11.8 Å². The Kier molecular flexibility index (Phi) is 4.83. The zero-order valence-electron chi connectivity index (χ0n) is 10.6. The van der Waals surface area contributed by atoms with Gasteiger partial charge in [-0.25, -0.2) is 21.6 Å². The van der Waals surface area contributed by atoms with E-state index < -0.39 is 19.9 Å². The summed E-state index contributed by atoms with van der Waals surface area (Å²) < 4.78 is 47.6. The van der Waals surface area contributed by atoms with Crippen molar-refractivity contribution in [2.24, 2.45) is 0 Å². The summed E-state index contributed by atoms with van der Waals surface area (Å²) in [6.45, 7) is 1.20. The molecular formula is C11H15NO5S2. The van der Waals surface area contributed by atoms with Crippen molar-refractivity contribution >= 4 is 25.6 Å². The second-order valence-electron chi connectivity index (χ2n) is 4.11. The summed E-state index contributed by atoms with van der Waals surface area (Å²) in [6, 6.07) is 5.43. The third-order valence-corrected chi connectivity index (χ3v) is 4.76. The molecule has 19 heavy (non-hydrogen) atoms. The Bertz CT molecular complexity index is 660. The normalized spacial score (nSPS) is 12.3. The highest BCUT2D eigenvalue weighted by Gasteiger charge is 2.14. The lowest BCUT2D eigenvalue weighted by Gasteiger charge is -2.06. The minimum Gasteiger partial charge on any atom is -0.295 e. The van der Waals surface area contributed by atoms with Crippen LogP contribution in [0.2, 0.25) is 0 Å². The van der Waals surface area contributed by atoms with Gasteiger partial charge in [0.1, 0.15) is 9.84 Å². The number of sulfonamides is 1. The largest absolute Gasteiger partial charge is 0.295 e. The van der Waals surface area contributed by atoms with Crippen molar-refractivity contribution in [3.63, 3.8) is 0 Å². The monoisotopic (exact) mass is 305 g/mol. The van der Waals surface area contributed by atoms with Gasteiger partial charge in [0.05, 0.1) is 10.6 Å². The van der Waals surface area contributed by atoms with Crippen molar-refractivity contribution in [2.75, 3.05) is 18.6 Å².